The highest BCUT2D eigenvalue weighted by Crippen LogP contribution is 2.60. The second-order valence-electron chi connectivity index (χ2n) is 10.1. The number of carbonyl (C=O) groups excluding carboxylic acids is 1. The van der Waals surface area contributed by atoms with E-state index in [4.69, 9.17) is 4.52 Å². The van der Waals surface area contributed by atoms with Crippen molar-refractivity contribution in [1.82, 2.24) is 0 Å². The molecule has 2 nitrogen and oxygen atoms in total. The molecular formula is C38H32O2P2+2. The van der Waals surface area contributed by atoms with E-state index < -0.39 is 14.8 Å². The second kappa shape index (κ2) is 12.7. The molecule has 0 aliphatic heterocycles. The van der Waals surface area contributed by atoms with Crippen LogP contribution in [0.25, 0.3) is 0 Å². The molecule has 0 N–H and O–H groups in total. The first-order valence-electron chi connectivity index (χ1n) is 14.1. The quantitative estimate of drug-likeness (QED) is 0.184. The highest BCUT2D eigenvalue weighted by molar-refractivity contribution is 7.96. The van der Waals surface area contributed by atoms with Crippen molar-refractivity contribution in [1.29, 1.82) is 0 Å². The van der Waals surface area contributed by atoms with Gasteiger partial charge in [0.2, 0.25) is 0 Å². The standard InChI is InChI=1S/C38H32O2P2/c39-38(31-41(32-19-7-1-8-20-32,33-21-9-2-10-22-33)34-23-11-3-12-24-34)40-42(35-25-13-4-14-26-35,36-27-15-5-16-28-36)37-29-17-6-18-30-37/h1-30H,31H2/q+2. The van der Waals surface area contributed by atoms with Crippen LogP contribution in [0.15, 0.2) is 182 Å². The zero-order valence-electron chi connectivity index (χ0n) is 23.2. The minimum absolute atomic E-state index is 0.204. The lowest BCUT2D eigenvalue weighted by Crippen LogP contribution is -2.39. The molecule has 0 spiro atoms. The van der Waals surface area contributed by atoms with Crippen molar-refractivity contribution in [2.45, 2.75) is 0 Å². The summed E-state index contributed by atoms with van der Waals surface area (Å²) in [4.78, 5) is 14.7. The van der Waals surface area contributed by atoms with E-state index in [0.29, 0.717) is 0 Å². The van der Waals surface area contributed by atoms with E-state index in [1.165, 1.54) is 0 Å². The molecule has 0 saturated carbocycles. The molecule has 204 valence electrons. The number of benzene rings is 6. The summed E-state index contributed by atoms with van der Waals surface area (Å²) in [5, 5.41) is 6.50. The molecule has 0 atom stereocenters. The van der Waals surface area contributed by atoms with Gasteiger partial charge in [-0.2, -0.15) is 0 Å². The SMILES string of the molecule is O=C(C[P+](c1ccccc1)(c1ccccc1)c1ccccc1)O[P+](c1ccccc1)(c1ccccc1)c1ccccc1. The van der Waals surface area contributed by atoms with Gasteiger partial charge in [0.25, 0.3) is 7.49 Å². The Hall–Kier alpha value is -4.35. The van der Waals surface area contributed by atoms with Crippen LogP contribution in [0.3, 0.4) is 0 Å². The van der Waals surface area contributed by atoms with Crippen molar-refractivity contribution in [2.75, 3.05) is 6.16 Å². The van der Waals surface area contributed by atoms with E-state index in [-0.39, 0.29) is 12.1 Å². The highest BCUT2D eigenvalue weighted by Gasteiger charge is 2.55. The number of hydrogen-bond acceptors (Lipinski definition) is 2. The summed E-state index contributed by atoms with van der Waals surface area (Å²) in [6, 6.07) is 62.2. The largest absolute Gasteiger partial charge is 0.389 e. The molecule has 6 aromatic rings. The molecule has 0 aromatic heterocycles. The average molecular weight is 583 g/mol. The third-order valence-corrected chi connectivity index (χ3v) is 15.4. The summed E-state index contributed by atoms with van der Waals surface area (Å²) in [6.07, 6.45) is 0.249. The maximum absolute atomic E-state index is 14.7. The molecule has 0 aliphatic rings. The van der Waals surface area contributed by atoms with Gasteiger partial charge in [0, 0.05) is 0 Å². The Morgan fingerprint density at radius 2 is 0.619 bits per heavy atom. The zero-order chi connectivity index (χ0) is 28.7. The van der Waals surface area contributed by atoms with Gasteiger partial charge in [-0.05, 0) is 72.8 Å². The first-order valence-corrected chi connectivity index (χ1v) is 17.7. The lowest BCUT2D eigenvalue weighted by atomic mass is 10.4. The first kappa shape index (κ1) is 27.8. The van der Waals surface area contributed by atoms with E-state index in [0.717, 1.165) is 31.8 Å². The molecule has 42 heavy (non-hydrogen) atoms. The monoisotopic (exact) mass is 582 g/mol. The predicted molar refractivity (Wildman–Crippen MR) is 181 cm³/mol. The number of rotatable bonds is 9. The van der Waals surface area contributed by atoms with Crippen molar-refractivity contribution in [3.63, 3.8) is 0 Å². The van der Waals surface area contributed by atoms with Crippen LogP contribution < -0.4 is 31.8 Å². The van der Waals surface area contributed by atoms with Crippen molar-refractivity contribution in [2.24, 2.45) is 0 Å². The predicted octanol–water partition coefficient (Wildman–Crippen LogP) is 6.43. The maximum Gasteiger partial charge on any atom is 0.389 e. The van der Waals surface area contributed by atoms with E-state index in [1.807, 2.05) is 72.8 Å². The fourth-order valence-electron chi connectivity index (χ4n) is 5.66. The summed E-state index contributed by atoms with van der Waals surface area (Å²) >= 11 is 0. The third-order valence-electron chi connectivity index (χ3n) is 7.56. The van der Waals surface area contributed by atoms with E-state index in [2.05, 4.69) is 109 Å². The minimum Gasteiger partial charge on any atom is -0.293 e. The highest BCUT2D eigenvalue weighted by atomic mass is 31.2. The molecule has 0 heterocycles. The molecule has 0 amide bonds. The number of hydrogen-bond donors (Lipinski definition) is 0. The fourth-order valence-corrected chi connectivity index (χ4v) is 13.1. The molecule has 0 aliphatic carbocycles. The molecule has 0 unspecified atom stereocenters. The second-order valence-corrected chi connectivity index (χ2v) is 16.5. The third kappa shape index (κ3) is 5.33. The van der Waals surface area contributed by atoms with Gasteiger partial charge in [-0.1, -0.05) is 109 Å². The molecule has 6 aromatic carbocycles. The minimum atomic E-state index is -2.80. The summed E-state index contributed by atoms with van der Waals surface area (Å²) in [5.41, 5.74) is 0. The van der Waals surface area contributed by atoms with Crippen LogP contribution in [0.2, 0.25) is 0 Å². The molecule has 0 radical (unpaired) electrons. The fraction of sp³-hybridized carbons (Fsp3) is 0.0263. The summed E-state index contributed by atoms with van der Waals surface area (Å²) < 4.78 is 7.02. The summed E-state index contributed by atoms with van der Waals surface area (Å²) in [5.74, 6) is -0.204. The Balaban J connectivity index is 1.55. The van der Waals surface area contributed by atoms with Crippen LogP contribution in [0.5, 0.6) is 0 Å². The Labute approximate surface area is 249 Å². The van der Waals surface area contributed by atoms with Gasteiger partial charge in [-0.15, -0.1) is 0 Å². The lowest BCUT2D eigenvalue weighted by molar-refractivity contribution is -0.130. The summed E-state index contributed by atoms with van der Waals surface area (Å²) in [7, 11) is -5.23. The lowest BCUT2D eigenvalue weighted by Gasteiger charge is -2.29. The van der Waals surface area contributed by atoms with Crippen molar-refractivity contribution < 1.29 is 9.32 Å². The zero-order valence-corrected chi connectivity index (χ0v) is 25.0. The van der Waals surface area contributed by atoms with Gasteiger partial charge in [0.05, 0.1) is 0 Å². The molecule has 6 rings (SSSR count). The van der Waals surface area contributed by atoms with E-state index >= 15 is 0 Å². The van der Waals surface area contributed by atoms with Gasteiger partial charge >= 0.3 is 5.97 Å². The van der Waals surface area contributed by atoms with Crippen molar-refractivity contribution in [3.05, 3.63) is 182 Å². The topological polar surface area (TPSA) is 26.3 Å². The molecule has 0 saturated heterocycles. The van der Waals surface area contributed by atoms with Crippen molar-refractivity contribution in [3.8, 4) is 0 Å². The smallest absolute Gasteiger partial charge is 0.293 e. The van der Waals surface area contributed by atoms with E-state index in [1.54, 1.807) is 0 Å². The molecule has 0 bridgehead atoms. The Bertz CT molecular complexity index is 1390. The van der Waals surface area contributed by atoms with Crippen LogP contribution in [-0.2, 0) is 9.32 Å². The Morgan fingerprint density at radius 3 is 0.881 bits per heavy atom. The summed E-state index contributed by atoms with van der Waals surface area (Å²) in [6.45, 7) is 0. The average Bonchev–Trinajstić information content (AvgIpc) is 3.08. The van der Waals surface area contributed by atoms with Crippen LogP contribution in [-0.4, -0.2) is 12.1 Å². The van der Waals surface area contributed by atoms with Crippen LogP contribution >= 0.6 is 14.8 Å². The van der Waals surface area contributed by atoms with Gasteiger partial charge in [-0.3, -0.25) is 4.52 Å². The van der Waals surface area contributed by atoms with Gasteiger partial charge in [0.15, 0.2) is 6.16 Å². The van der Waals surface area contributed by atoms with Crippen LogP contribution in [0.1, 0.15) is 0 Å². The van der Waals surface area contributed by atoms with Gasteiger partial charge in [0.1, 0.15) is 39.1 Å². The Morgan fingerprint density at radius 1 is 0.381 bits per heavy atom. The normalized spacial score (nSPS) is 11.5. The van der Waals surface area contributed by atoms with E-state index in [9.17, 15) is 4.79 Å². The molecular weight excluding hydrogens is 550 g/mol. The maximum atomic E-state index is 14.7. The number of carbonyl (C=O) groups is 1. The van der Waals surface area contributed by atoms with Crippen molar-refractivity contribution >= 4 is 52.5 Å². The molecule has 4 heteroatoms. The molecule has 0 fully saturated rings. The first-order chi connectivity index (χ1) is 20.7. The van der Waals surface area contributed by atoms with Gasteiger partial charge in [-0.25, -0.2) is 4.79 Å². The van der Waals surface area contributed by atoms with Crippen LogP contribution in [0.4, 0.5) is 0 Å². The van der Waals surface area contributed by atoms with Crippen LogP contribution in [0, 0.1) is 0 Å². The Kier molecular flexibility index (Phi) is 8.38. The van der Waals surface area contributed by atoms with Gasteiger partial charge < -0.3 is 0 Å².